The van der Waals surface area contributed by atoms with Crippen LogP contribution in [0.25, 0.3) is 0 Å². The average Bonchev–Trinajstić information content (AvgIpc) is 3.62. The summed E-state index contributed by atoms with van der Waals surface area (Å²) < 4.78 is 40.2. The van der Waals surface area contributed by atoms with Crippen molar-refractivity contribution in [2.75, 3.05) is 14.2 Å². The summed E-state index contributed by atoms with van der Waals surface area (Å²) in [7, 11) is -0.297. The molecule has 0 N–H and O–H groups in total. The molecule has 1 aliphatic rings. The van der Waals surface area contributed by atoms with Crippen LogP contribution in [0, 0.1) is 11.8 Å². The highest BCUT2D eigenvalue weighted by atomic mass is 32.2. The van der Waals surface area contributed by atoms with Crippen molar-refractivity contribution in [2.45, 2.75) is 50.9 Å². The molecule has 6 heteroatoms. The summed E-state index contributed by atoms with van der Waals surface area (Å²) in [4.78, 5) is 0. The van der Waals surface area contributed by atoms with E-state index in [1.165, 1.54) is 0 Å². The minimum atomic E-state index is -3.54. The van der Waals surface area contributed by atoms with Crippen molar-refractivity contribution in [2.24, 2.45) is 11.8 Å². The molecule has 0 radical (unpaired) electrons. The molecule has 1 saturated carbocycles. The van der Waals surface area contributed by atoms with E-state index in [0.29, 0.717) is 25.4 Å². The lowest BCUT2D eigenvalue weighted by molar-refractivity contribution is 0.370. The summed E-state index contributed by atoms with van der Waals surface area (Å²) in [6.07, 6.45) is 5.50. The van der Waals surface area contributed by atoms with E-state index in [4.69, 9.17) is 9.47 Å². The van der Waals surface area contributed by atoms with Crippen LogP contribution in [0.15, 0.2) is 61.2 Å². The van der Waals surface area contributed by atoms with Crippen molar-refractivity contribution in [1.29, 1.82) is 0 Å². The van der Waals surface area contributed by atoms with Gasteiger partial charge in [-0.3, -0.25) is 0 Å². The molecular weight excluding hydrogens is 422 g/mol. The van der Waals surface area contributed by atoms with Crippen LogP contribution in [0.3, 0.4) is 0 Å². The van der Waals surface area contributed by atoms with Crippen molar-refractivity contribution in [3.05, 3.63) is 72.3 Å². The molecule has 0 saturated heterocycles. The Morgan fingerprint density at radius 3 is 1.81 bits per heavy atom. The first-order valence-electron chi connectivity index (χ1n) is 11.2. The number of sulfonamides is 1. The maximum Gasteiger partial charge on any atom is 0.217 e. The summed E-state index contributed by atoms with van der Waals surface area (Å²) in [5.41, 5.74) is 1.87. The quantitative estimate of drug-likeness (QED) is 0.377. The molecule has 0 amide bonds. The second-order valence-electron chi connectivity index (χ2n) is 8.73. The maximum absolute atomic E-state index is 14.0. The van der Waals surface area contributed by atoms with Gasteiger partial charge in [0.2, 0.25) is 10.0 Å². The third-order valence-corrected chi connectivity index (χ3v) is 8.61. The lowest BCUT2D eigenvalue weighted by Crippen LogP contribution is -2.41. The smallest absolute Gasteiger partial charge is 0.217 e. The largest absolute Gasteiger partial charge is 0.497 e. The third-order valence-electron chi connectivity index (χ3n) is 6.21. The Labute approximate surface area is 193 Å². The van der Waals surface area contributed by atoms with Gasteiger partial charge >= 0.3 is 0 Å². The number of nitrogens with zero attached hydrogens (tertiary/aromatic N) is 1. The first-order chi connectivity index (χ1) is 15.4. The maximum atomic E-state index is 14.0. The molecule has 3 rings (SSSR count). The lowest BCUT2D eigenvalue weighted by atomic mass is 9.99. The molecule has 0 aromatic heterocycles. The molecule has 0 aliphatic heterocycles. The van der Waals surface area contributed by atoms with Crippen LogP contribution in [-0.2, 0) is 23.1 Å². The first kappa shape index (κ1) is 24.3. The number of hydrogen-bond donors (Lipinski definition) is 0. The highest BCUT2D eigenvalue weighted by Gasteiger charge is 2.39. The Morgan fingerprint density at radius 2 is 1.44 bits per heavy atom. The van der Waals surface area contributed by atoms with Gasteiger partial charge in [-0.15, -0.1) is 6.58 Å². The van der Waals surface area contributed by atoms with E-state index >= 15 is 0 Å². The van der Waals surface area contributed by atoms with Gasteiger partial charge in [-0.2, -0.15) is 4.31 Å². The Bertz CT molecular complexity index is 916. The molecule has 0 spiro atoms. The summed E-state index contributed by atoms with van der Waals surface area (Å²) in [6.45, 7) is 6.51. The second-order valence-corrected chi connectivity index (χ2v) is 10.9. The summed E-state index contributed by atoms with van der Waals surface area (Å²) in [6, 6.07) is 15.2. The van der Waals surface area contributed by atoms with Crippen LogP contribution in [0.1, 0.15) is 43.7 Å². The minimum Gasteiger partial charge on any atom is -0.497 e. The van der Waals surface area contributed by atoms with E-state index in [9.17, 15) is 8.42 Å². The summed E-state index contributed by atoms with van der Waals surface area (Å²) in [5, 5.41) is -0.413. The standard InChI is InChI=1S/C26H35NO4S/c1-5-6-20(2)26(17-21-7-8-21)32(28,29)27(18-22-9-13-24(30-3)14-10-22)19-23-11-15-25(31-4)16-12-23/h5,9-16,20-21,26H,1,6-8,17-19H2,2-4H3/t20-,26-/m1/s1. The molecule has 0 bridgehead atoms. The van der Waals surface area contributed by atoms with Crippen molar-refractivity contribution in [1.82, 2.24) is 4.31 Å². The second kappa shape index (κ2) is 11.0. The average molecular weight is 458 g/mol. The number of ether oxygens (including phenoxy) is 2. The SMILES string of the molecule is C=CC[C@@H](C)[C@@H](CC1CC1)S(=O)(=O)N(Cc1ccc(OC)cc1)Cc1ccc(OC)cc1. The molecule has 32 heavy (non-hydrogen) atoms. The molecule has 1 fully saturated rings. The Kier molecular flexibility index (Phi) is 8.38. The Balaban J connectivity index is 1.92. The van der Waals surface area contributed by atoms with Gasteiger partial charge in [-0.1, -0.05) is 50.1 Å². The van der Waals surface area contributed by atoms with Gasteiger partial charge in [0.25, 0.3) is 0 Å². The van der Waals surface area contributed by atoms with Gasteiger partial charge in [0.15, 0.2) is 0 Å². The zero-order valence-electron chi connectivity index (χ0n) is 19.4. The van der Waals surface area contributed by atoms with E-state index in [1.807, 2.05) is 61.5 Å². The molecule has 1 aliphatic carbocycles. The molecule has 0 unspecified atom stereocenters. The van der Waals surface area contributed by atoms with Crippen molar-refractivity contribution in [3.8, 4) is 11.5 Å². The third kappa shape index (κ3) is 6.36. The highest BCUT2D eigenvalue weighted by Crippen LogP contribution is 2.39. The molecular formula is C26H35NO4S. The van der Waals surface area contributed by atoms with Crippen LogP contribution in [0.5, 0.6) is 11.5 Å². The van der Waals surface area contributed by atoms with Gasteiger partial charge in [0.05, 0.1) is 19.5 Å². The normalized spacial score (nSPS) is 15.9. The highest BCUT2D eigenvalue weighted by molar-refractivity contribution is 7.89. The lowest BCUT2D eigenvalue weighted by Gasteiger charge is -2.31. The Morgan fingerprint density at radius 1 is 0.969 bits per heavy atom. The van der Waals surface area contributed by atoms with Crippen LogP contribution in [-0.4, -0.2) is 32.2 Å². The molecule has 2 aromatic carbocycles. The van der Waals surface area contributed by atoms with Gasteiger partial charge < -0.3 is 9.47 Å². The zero-order chi connectivity index (χ0) is 23.1. The predicted octanol–water partition coefficient (Wildman–Crippen LogP) is 5.42. The number of benzene rings is 2. The van der Waals surface area contributed by atoms with Crippen LogP contribution >= 0.6 is 0 Å². The van der Waals surface area contributed by atoms with E-state index in [-0.39, 0.29) is 5.92 Å². The van der Waals surface area contributed by atoms with Gasteiger partial charge in [0.1, 0.15) is 11.5 Å². The molecule has 2 atom stereocenters. The van der Waals surface area contributed by atoms with E-state index in [0.717, 1.165) is 41.9 Å². The number of hydrogen-bond acceptors (Lipinski definition) is 4. The first-order valence-corrected chi connectivity index (χ1v) is 12.7. The van der Waals surface area contributed by atoms with Crippen molar-refractivity contribution in [3.63, 3.8) is 0 Å². The summed E-state index contributed by atoms with van der Waals surface area (Å²) in [5.74, 6) is 2.05. The molecule has 174 valence electrons. The fraction of sp³-hybridized carbons (Fsp3) is 0.462. The fourth-order valence-electron chi connectivity index (χ4n) is 4.04. The predicted molar refractivity (Wildman–Crippen MR) is 129 cm³/mol. The minimum absolute atomic E-state index is 0.0207. The van der Waals surface area contributed by atoms with Crippen molar-refractivity contribution < 1.29 is 17.9 Å². The Hall–Kier alpha value is -2.31. The van der Waals surface area contributed by atoms with Gasteiger partial charge in [-0.25, -0.2) is 8.42 Å². The molecule has 5 nitrogen and oxygen atoms in total. The van der Waals surface area contributed by atoms with Gasteiger partial charge in [0, 0.05) is 13.1 Å². The monoisotopic (exact) mass is 457 g/mol. The fourth-order valence-corrected chi connectivity index (χ4v) is 6.30. The zero-order valence-corrected chi connectivity index (χ0v) is 20.2. The molecule has 0 heterocycles. The number of rotatable bonds is 13. The van der Waals surface area contributed by atoms with Crippen LogP contribution in [0.4, 0.5) is 0 Å². The van der Waals surface area contributed by atoms with Crippen LogP contribution < -0.4 is 9.47 Å². The van der Waals surface area contributed by atoms with Crippen LogP contribution in [0.2, 0.25) is 0 Å². The van der Waals surface area contributed by atoms with E-state index in [1.54, 1.807) is 18.5 Å². The number of allylic oxidation sites excluding steroid dienone is 1. The van der Waals surface area contributed by atoms with E-state index in [2.05, 4.69) is 6.58 Å². The van der Waals surface area contributed by atoms with Gasteiger partial charge in [-0.05, 0) is 60.1 Å². The van der Waals surface area contributed by atoms with E-state index < -0.39 is 15.3 Å². The number of methoxy groups -OCH3 is 2. The molecule has 2 aromatic rings. The van der Waals surface area contributed by atoms with Crippen molar-refractivity contribution >= 4 is 10.0 Å². The topological polar surface area (TPSA) is 55.8 Å². The summed E-state index contributed by atoms with van der Waals surface area (Å²) >= 11 is 0.